The molecule has 1 fully saturated rings. The van der Waals surface area contributed by atoms with Crippen LogP contribution in [0.2, 0.25) is 0 Å². The third-order valence-corrected chi connectivity index (χ3v) is 2.76. The van der Waals surface area contributed by atoms with Crippen LogP contribution in [0.15, 0.2) is 0 Å². The lowest BCUT2D eigenvalue weighted by Gasteiger charge is -2.30. The van der Waals surface area contributed by atoms with Gasteiger partial charge in [-0.25, -0.2) is 8.78 Å². The molecule has 2 atom stereocenters. The molecule has 0 aromatic heterocycles. The van der Waals surface area contributed by atoms with E-state index in [0.29, 0.717) is 6.04 Å². The van der Waals surface area contributed by atoms with Gasteiger partial charge in [0.15, 0.2) is 0 Å². The Hall–Kier alpha value is -0.420. The highest BCUT2D eigenvalue weighted by atomic mass is 35.5. The van der Waals surface area contributed by atoms with Crippen molar-refractivity contribution in [1.82, 2.24) is 10.2 Å². The van der Waals surface area contributed by atoms with E-state index in [2.05, 4.69) is 5.32 Å². The number of carbonyl (C=O) groups is 1. The van der Waals surface area contributed by atoms with Crippen molar-refractivity contribution in [3.8, 4) is 0 Å². The SMILES string of the molecule is C[C@H]1C[C@@H](C(=O)N(C)CC(F)F)CCN1.Cl. The normalized spacial score (nSPS) is 25.1. The van der Waals surface area contributed by atoms with Gasteiger partial charge in [-0.05, 0) is 26.3 Å². The maximum Gasteiger partial charge on any atom is 0.255 e. The predicted octanol–water partition coefficient (Wildman–Crippen LogP) is 1.52. The van der Waals surface area contributed by atoms with Gasteiger partial charge in [-0.15, -0.1) is 12.4 Å². The molecule has 0 spiro atoms. The fraction of sp³-hybridized carbons (Fsp3) is 0.900. The predicted molar refractivity (Wildman–Crippen MR) is 61.1 cm³/mol. The molecule has 0 aliphatic carbocycles. The van der Waals surface area contributed by atoms with Crippen molar-refractivity contribution in [3.05, 3.63) is 0 Å². The highest BCUT2D eigenvalue weighted by molar-refractivity contribution is 5.85. The first kappa shape index (κ1) is 15.6. The van der Waals surface area contributed by atoms with Crippen molar-refractivity contribution in [3.63, 3.8) is 0 Å². The first-order valence-corrected chi connectivity index (χ1v) is 5.27. The number of carbonyl (C=O) groups excluding carboxylic acids is 1. The number of rotatable bonds is 3. The first-order valence-electron chi connectivity index (χ1n) is 5.27. The van der Waals surface area contributed by atoms with E-state index in [-0.39, 0.29) is 24.2 Å². The van der Waals surface area contributed by atoms with Crippen molar-refractivity contribution in [2.75, 3.05) is 20.1 Å². The zero-order valence-electron chi connectivity index (χ0n) is 9.58. The Morgan fingerprint density at radius 3 is 2.69 bits per heavy atom. The maximum absolute atomic E-state index is 12.1. The van der Waals surface area contributed by atoms with Crippen LogP contribution in [0.4, 0.5) is 8.78 Å². The maximum atomic E-state index is 12.1. The monoisotopic (exact) mass is 256 g/mol. The summed E-state index contributed by atoms with van der Waals surface area (Å²) >= 11 is 0. The minimum absolute atomic E-state index is 0. The van der Waals surface area contributed by atoms with Crippen LogP contribution in [0.25, 0.3) is 0 Å². The molecule has 0 aromatic rings. The third kappa shape index (κ3) is 4.61. The largest absolute Gasteiger partial charge is 0.340 e. The molecule has 0 bridgehead atoms. The topological polar surface area (TPSA) is 32.3 Å². The molecule has 1 amide bonds. The van der Waals surface area contributed by atoms with Crippen LogP contribution in [-0.2, 0) is 4.79 Å². The van der Waals surface area contributed by atoms with Crippen molar-refractivity contribution in [2.45, 2.75) is 32.2 Å². The van der Waals surface area contributed by atoms with E-state index in [1.165, 1.54) is 7.05 Å². The Bertz CT molecular complexity index is 229. The van der Waals surface area contributed by atoms with Crippen molar-refractivity contribution in [2.24, 2.45) is 5.92 Å². The standard InChI is InChI=1S/C10H18F2N2O.ClH/c1-7-5-8(3-4-13-7)10(15)14(2)6-9(11)12;/h7-9,13H,3-6H2,1-2H3;1H/t7-,8-;/m0./s1. The van der Waals surface area contributed by atoms with Crippen molar-refractivity contribution in [1.29, 1.82) is 0 Å². The van der Waals surface area contributed by atoms with Crippen molar-refractivity contribution >= 4 is 18.3 Å². The van der Waals surface area contributed by atoms with Crippen LogP contribution < -0.4 is 5.32 Å². The van der Waals surface area contributed by atoms with Gasteiger partial charge in [0.05, 0.1) is 6.54 Å². The Balaban J connectivity index is 0.00000225. The molecule has 0 saturated carbocycles. The van der Waals surface area contributed by atoms with Gasteiger partial charge in [0.1, 0.15) is 0 Å². The van der Waals surface area contributed by atoms with Crippen LogP contribution in [0.5, 0.6) is 0 Å². The number of halogens is 3. The van der Waals surface area contributed by atoms with Crippen LogP contribution in [0, 0.1) is 5.92 Å². The quantitative estimate of drug-likeness (QED) is 0.831. The molecule has 1 aliphatic rings. The van der Waals surface area contributed by atoms with E-state index < -0.39 is 13.0 Å². The van der Waals surface area contributed by atoms with Gasteiger partial charge >= 0.3 is 0 Å². The highest BCUT2D eigenvalue weighted by Crippen LogP contribution is 2.18. The Labute approximate surface area is 101 Å². The summed E-state index contributed by atoms with van der Waals surface area (Å²) in [6, 6.07) is 0.299. The second-order valence-corrected chi connectivity index (χ2v) is 4.19. The summed E-state index contributed by atoms with van der Waals surface area (Å²) in [4.78, 5) is 12.9. The summed E-state index contributed by atoms with van der Waals surface area (Å²) in [5, 5.41) is 3.23. The van der Waals surface area contributed by atoms with E-state index in [9.17, 15) is 13.6 Å². The van der Waals surface area contributed by atoms with Gasteiger partial charge in [-0.3, -0.25) is 4.79 Å². The molecule has 0 radical (unpaired) electrons. The Kier molecular flexibility index (Phi) is 6.83. The molecule has 96 valence electrons. The molecule has 0 unspecified atom stereocenters. The number of nitrogens with zero attached hydrogens (tertiary/aromatic N) is 1. The van der Waals surface area contributed by atoms with Crippen molar-refractivity contribution < 1.29 is 13.6 Å². The Morgan fingerprint density at radius 1 is 1.56 bits per heavy atom. The minimum atomic E-state index is -2.45. The smallest absolute Gasteiger partial charge is 0.255 e. The molecule has 16 heavy (non-hydrogen) atoms. The minimum Gasteiger partial charge on any atom is -0.340 e. The summed E-state index contributed by atoms with van der Waals surface area (Å²) < 4.78 is 24.2. The fourth-order valence-corrected chi connectivity index (χ4v) is 1.96. The Morgan fingerprint density at radius 2 is 2.19 bits per heavy atom. The van der Waals surface area contributed by atoms with Gasteiger partial charge in [0, 0.05) is 19.0 Å². The molecule has 1 heterocycles. The van der Waals surface area contributed by atoms with Crippen LogP contribution in [0.3, 0.4) is 0 Å². The first-order chi connectivity index (χ1) is 7.00. The zero-order chi connectivity index (χ0) is 11.4. The molecule has 0 aromatic carbocycles. The average Bonchev–Trinajstić information content (AvgIpc) is 2.15. The highest BCUT2D eigenvalue weighted by Gasteiger charge is 2.27. The van der Waals surface area contributed by atoms with Gasteiger partial charge in [0.25, 0.3) is 6.43 Å². The van der Waals surface area contributed by atoms with E-state index >= 15 is 0 Å². The van der Waals surface area contributed by atoms with E-state index in [1.54, 1.807) is 0 Å². The molecular weight excluding hydrogens is 238 g/mol. The molecule has 6 heteroatoms. The van der Waals surface area contributed by atoms with Crippen LogP contribution in [0.1, 0.15) is 19.8 Å². The molecule has 1 saturated heterocycles. The third-order valence-electron chi connectivity index (χ3n) is 2.76. The number of amides is 1. The van der Waals surface area contributed by atoms with Crippen LogP contribution >= 0.6 is 12.4 Å². The summed E-state index contributed by atoms with van der Waals surface area (Å²) in [5.74, 6) is -0.242. The number of hydrogen-bond donors (Lipinski definition) is 1. The summed E-state index contributed by atoms with van der Waals surface area (Å²) in [7, 11) is 1.45. The number of alkyl halides is 2. The lowest BCUT2D eigenvalue weighted by atomic mass is 9.92. The van der Waals surface area contributed by atoms with E-state index in [0.717, 1.165) is 24.3 Å². The molecule has 1 aliphatic heterocycles. The average molecular weight is 257 g/mol. The lowest BCUT2D eigenvalue weighted by Crippen LogP contribution is -2.44. The summed E-state index contributed by atoms with van der Waals surface area (Å²) in [5.41, 5.74) is 0. The second-order valence-electron chi connectivity index (χ2n) is 4.19. The van der Waals surface area contributed by atoms with E-state index in [1.807, 2.05) is 6.92 Å². The van der Waals surface area contributed by atoms with E-state index in [4.69, 9.17) is 0 Å². The van der Waals surface area contributed by atoms with Gasteiger partial charge in [0.2, 0.25) is 5.91 Å². The molecule has 3 nitrogen and oxygen atoms in total. The number of nitrogens with one attached hydrogen (secondary N) is 1. The van der Waals surface area contributed by atoms with Gasteiger partial charge < -0.3 is 10.2 Å². The summed E-state index contributed by atoms with van der Waals surface area (Å²) in [6.07, 6.45) is -0.957. The summed E-state index contributed by atoms with van der Waals surface area (Å²) in [6.45, 7) is 2.34. The van der Waals surface area contributed by atoms with Gasteiger partial charge in [-0.2, -0.15) is 0 Å². The lowest BCUT2D eigenvalue weighted by molar-refractivity contribution is -0.137. The molecular formula is C10H19ClF2N2O. The second kappa shape index (κ2) is 7.01. The molecule has 1 N–H and O–H groups in total. The number of hydrogen-bond acceptors (Lipinski definition) is 2. The van der Waals surface area contributed by atoms with Crippen LogP contribution in [-0.4, -0.2) is 43.4 Å². The van der Waals surface area contributed by atoms with Gasteiger partial charge in [-0.1, -0.05) is 0 Å². The molecule has 1 rings (SSSR count). The fourth-order valence-electron chi connectivity index (χ4n) is 1.96. The zero-order valence-corrected chi connectivity index (χ0v) is 10.4. The number of piperidine rings is 1.